The highest BCUT2D eigenvalue weighted by Gasteiger charge is 2.46. The van der Waals surface area contributed by atoms with Crippen molar-refractivity contribution in [1.82, 2.24) is 0 Å². The van der Waals surface area contributed by atoms with E-state index in [0.717, 1.165) is 12.2 Å². The van der Waals surface area contributed by atoms with Crippen LogP contribution in [0.4, 0.5) is 0 Å². The zero-order chi connectivity index (χ0) is 12.9. The molecule has 1 unspecified atom stereocenters. The maximum atomic E-state index is 6.58. The molecule has 0 aliphatic carbocycles. The summed E-state index contributed by atoms with van der Waals surface area (Å²) in [5.41, 5.74) is 2.00. The molecule has 0 amide bonds. The normalized spacial score (nSPS) is 15.2. The van der Waals surface area contributed by atoms with Crippen molar-refractivity contribution in [1.29, 1.82) is 0 Å². The number of hydrogen-bond acceptors (Lipinski definition) is 2. The Hall–Kier alpha value is 0.527. The zero-order valence-electron chi connectivity index (χ0n) is 12.1. The smallest absolute Gasteiger partial charge is 0.200 e. The van der Waals surface area contributed by atoms with Gasteiger partial charge in [0.15, 0.2) is 0 Å². The summed E-state index contributed by atoms with van der Waals surface area (Å²) >= 11 is 4.41. The molecule has 0 aromatic carbocycles. The van der Waals surface area contributed by atoms with Crippen molar-refractivity contribution in [3.8, 4) is 0 Å². The minimum absolute atomic E-state index is 0.335. The largest absolute Gasteiger partial charge is 0.412 e. The van der Waals surface area contributed by atoms with E-state index in [-0.39, 0.29) is 0 Å². The Bertz CT molecular complexity index is 167. The average molecular weight is 263 g/mol. The van der Waals surface area contributed by atoms with Crippen molar-refractivity contribution in [3.05, 3.63) is 0 Å². The third-order valence-corrected chi connectivity index (χ3v) is 10.3. The first kappa shape index (κ1) is 16.5. The maximum absolute atomic E-state index is 6.58. The third-order valence-electron chi connectivity index (χ3n) is 3.74. The molecule has 0 rings (SSSR count). The van der Waals surface area contributed by atoms with Gasteiger partial charge in [0.05, 0.1) is 6.10 Å². The SMILES string of the molecule is CCC(CS)O[Si](C(C)C)(C(C)C)C(C)C. The molecule has 0 radical (unpaired) electrons. The first-order valence-corrected chi connectivity index (χ1v) is 9.38. The highest BCUT2D eigenvalue weighted by molar-refractivity contribution is 7.80. The molecule has 0 saturated heterocycles. The fourth-order valence-corrected chi connectivity index (χ4v) is 9.06. The Balaban J connectivity index is 5.04. The number of rotatable bonds is 7. The Kier molecular flexibility index (Phi) is 7.30. The van der Waals surface area contributed by atoms with Crippen LogP contribution < -0.4 is 0 Å². The minimum atomic E-state index is -1.68. The minimum Gasteiger partial charge on any atom is -0.412 e. The van der Waals surface area contributed by atoms with Gasteiger partial charge in [-0.3, -0.25) is 0 Å². The lowest BCUT2D eigenvalue weighted by Gasteiger charge is -2.44. The van der Waals surface area contributed by atoms with Crippen molar-refractivity contribution >= 4 is 20.9 Å². The summed E-state index contributed by atoms with van der Waals surface area (Å²) in [5.74, 6) is 0.845. The quantitative estimate of drug-likeness (QED) is 0.508. The van der Waals surface area contributed by atoms with Crippen LogP contribution in [0.2, 0.25) is 16.6 Å². The third kappa shape index (κ3) is 3.51. The highest BCUT2D eigenvalue weighted by atomic mass is 32.1. The molecular weight excluding hydrogens is 232 g/mol. The van der Waals surface area contributed by atoms with E-state index in [0.29, 0.717) is 22.7 Å². The van der Waals surface area contributed by atoms with Gasteiger partial charge in [0.2, 0.25) is 8.32 Å². The van der Waals surface area contributed by atoms with Crippen molar-refractivity contribution in [2.75, 3.05) is 5.75 Å². The van der Waals surface area contributed by atoms with Crippen LogP contribution in [0.15, 0.2) is 0 Å². The van der Waals surface area contributed by atoms with Crippen LogP contribution in [0.5, 0.6) is 0 Å². The van der Waals surface area contributed by atoms with E-state index in [4.69, 9.17) is 4.43 Å². The van der Waals surface area contributed by atoms with Crippen molar-refractivity contribution < 1.29 is 4.43 Å². The number of thiol groups is 1. The van der Waals surface area contributed by atoms with Gasteiger partial charge in [-0.2, -0.15) is 12.6 Å². The van der Waals surface area contributed by atoms with E-state index in [1.165, 1.54) is 0 Å². The Morgan fingerprint density at radius 2 is 1.31 bits per heavy atom. The Morgan fingerprint density at radius 3 is 1.50 bits per heavy atom. The summed E-state index contributed by atoms with van der Waals surface area (Å²) in [5, 5.41) is 0. The second-order valence-electron chi connectivity index (χ2n) is 5.65. The summed E-state index contributed by atoms with van der Waals surface area (Å²) in [6, 6.07) is 0. The average Bonchev–Trinajstić information content (AvgIpc) is 2.18. The van der Waals surface area contributed by atoms with Crippen LogP contribution in [-0.2, 0) is 4.43 Å². The summed E-state index contributed by atoms with van der Waals surface area (Å²) in [4.78, 5) is 0. The zero-order valence-corrected chi connectivity index (χ0v) is 14.0. The molecule has 0 aliphatic heterocycles. The predicted molar refractivity (Wildman–Crippen MR) is 80.1 cm³/mol. The first-order chi connectivity index (χ1) is 7.32. The topological polar surface area (TPSA) is 9.23 Å². The maximum Gasteiger partial charge on any atom is 0.200 e. The van der Waals surface area contributed by atoms with Gasteiger partial charge >= 0.3 is 0 Å². The lowest BCUT2D eigenvalue weighted by atomic mass is 10.3. The van der Waals surface area contributed by atoms with E-state index in [1.54, 1.807) is 0 Å². The lowest BCUT2D eigenvalue weighted by molar-refractivity contribution is 0.192. The summed E-state index contributed by atoms with van der Waals surface area (Å²) in [6.07, 6.45) is 1.41. The van der Waals surface area contributed by atoms with Crippen LogP contribution in [0.3, 0.4) is 0 Å². The molecule has 0 heterocycles. The molecule has 16 heavy (non-hydrogen) atoms. The van der Waals surface area contributed by atoms with Crippen LogP contribution in [0.25, 0.3) is 0 Å². The molecular formula is C13H30OSSi. The van der Waals surface area contributed by atoms with Gasteiger partial charge in [-0.05, 0) is 23.0 Å². The van der Waals surface area contributed by atoms with Crippen molar-refractivity contribution in [3.63, 3.8) is 0 Å². The second kappa shape index (κ2) is 7.07. The molecule has 0 saturated carbocycles. The second-order valence-corrected chi connectivity index (χ2v) is 11.4. The summed E-state index contributed by atoms with van der Waals surface area (Å²) in [7, 11) is -1.68. The lowest BCUT2D eigenvalue weighted by Crippen LogP contribution is -2.50. The summed E-state index contributed by atoms with van der Waals surface area (Å²) < 4.78 is 6.58. The first-order valence-electron chi connectivity index (χ1n) is 6.61. The van der Waals surface area contributed by atoms with Crippen LogP contribution in [-0.4, -0.2) is 20.2 Å². The van der Waals surface area contributed by atoms with Crippen LogP contribution in [0.1, 0.15) is 54.9 Å². The van der Waals surface area contributed by atoms with Gasteiger partial charge in [-0.25, -0.2) is 0 Å². The van der Waals surface area contributed by atoms with Crippen LogP contribution >= 0.6 is 12.6 Å². The summed E-state index contributed by atoms with van der Waals surface area (Å²) in [6.45, 7) is 16.2. The van der Waals surface area contributed by atoms with Crippen molar-refractivity contribution in [2.24, 2.45) is 0 Å². The Morgan fingerprint density at radius 1 is 0.938 bits per heavy atom. The molecule has 0 aromatic heterocycles. The van der Waals surface area contributed by atoms with Gasteiger partial charge in [0.1, 0.15) is 0 Å². The molecule has 1 nitrogen and oxygen atoms in total. The van der Waals surface area contributed by atoms with Gasteiger partial charge < -0.3 is 4.43 Å². The fraction of sp³-hybridized carbons (Fsp3) is 1.00. The molecule has 0 spiro atoms. The predicted octanol–water partition coefficient (Wildman–Crippen LogP) is 4.89. The van der Waals surface area contributed by atoms with Crippen molar-refractivity contribution in [2.45, 2.75) is 77.6 Å². The molecule has 0 aliphatic rings. The molecule has 3 heteroatoms. The van der Waals surface area contributed by atoms with Gasteiger partial charge in [-0.1, -0.05) is 48.5 Å². The molecule has 0 fully saturated rings. The monoisotopic (exact) mass is 262 g/mol. The molecule has 0 aromatic rings. The van der Waals surface area contributed by atoms with Gasteiger partial charge in [0, 0.05) is 5.75 Å². The fourth-order valence-electron chi connectivity index (χ4n) is 2.95. The van der Waals surface area contributed by atoms with Gasteiger partial charge in [-0.15, -0.1) is 0 Å². The van der Waals surface area contributed by atoms with E-state index in [1.807, 2.05) is 0 Å². The number of hydrogen-bond donors (Lipinski definition) is 1. The molecule has 1 atom stereocenters. The Labute approximate surface area is 109 Å². The standard InChI is InChI=1S/C13H30OSSi/c1-8-13(9-15)14-16(10(2)3,11(4)5)12(6)7/h10-13,15H,8-9H2,1-7H3. The molecule has 0 N–H and O–H groups in total. The van der Waals surface area contributed by atoms with Crippen LogP contribution in [0, 0.1) is 0 Å². The molecule has 98 valence electrons. The van der Waals surface area contributed by atoms with E-state index >= 15 is 0 Å². The molecule has 0 bridgehead atoms. The van der Waals surface area contributed by atoms with E-state index < -0.39 is 8.32 Å². The van der Waals surface area contributed by atoms with E-state index in [9.17, 15) is 0 Å². The highest BCUT2D eigenvalue weighted by Crippen LogP contribution is 2.43. The van der Waals surface area contributed by atoms with Gasteiger partial charge in [0.25, 0.3) is 0 Å². The van der Waals surface area contributed by atoms with E-state index in [2.05, 4.69) is 61.1 Å².